The predicted octanol–water partition coefficient (Wildman–Crippen LogP) is 4.81. The number of nitrogens with one attached hydrogen (secondary N) is 2. The maximum Gasteiger partial charge on any atom is 0.302 e. The molecule has 0 unspecified atom stereocenters. The van der Waals surface area contributed by atoms with Crippen molar-refractivity contribution < 1.29 is 9.67 Å². The summed E-state index contributed by atoms with van der Waals surface area (Å²) in [5, 5.41) is 25.0. The summed E-state index contributed by atoms with van der Waals surface area (Å²) in [5.41, 5.74) is 9.58. The summed E-state index contributed by atoms with van der Waals surface area (Å²) < 4.78 is 2.43. The number of benzene rings is 2. The van der Waals surface area contributed by atoms with E-state index in [-0.39, 0.29) is 6.04 Å². The molecule has 0 aliphatic heterocycles. The van der Waals surface area contributed by atoms with E-state index in [1.807, 2.05) is 32.0 Å². The zero-order valence-electron chi connectivity index (χ0n) is 22.4. The molecule has 0 bridgehead atoms. The van der Waals surface area contributed by atoms with E-state index in [0.29, 0.717) is 12.2 Å². The molecule has 3 aromatic heterocycles. The zero-order valence-corrected chi connectivity index (χ0v) is 22.4. The first-order valence-corrected chi connectivity index (χ1v) is 13.4. The Balaban J connectivity index is 1.41. The van der Waals surface area contributed by atoms with Crippen molar-refractivity contribution in [1.29, 1.82) is 0 Å². The van der Waals surface area contributed by atoms with E-state index in [0.717, 1.165) is 59.2 Å². The van der Waals surface area contributed by atoms with Crippen molar-refractivity contribution in [1.82, 2.24) is 30.6 Å². The highest BCUT2D eigenvalue weighted by Crippen LogP contribution is 2.37. The molecule has 8 heteroatoms. The Morgan fingerprint density at radius 1 is 1.11 bits per heavy atom. The van der Waals surface area contributed by atoms with E-state index >= 15 is 0 Å². The summed E-state index contributed by atoms with van der Waals surface area (Å²) in [6.45, 7) is 8.05. The standard InChI is InChI=1S/C30H33N7O/c1-5-26-32-27-18(2)16-21(14-15-30(3,4)38)31-29(27)37(26)25-13-11-20-17-19(10-12-23(20)25)22-8-6-7-9-24(22)28-33-35-36-34-28/h6-10,12,16-17,25,38H,5,11,13-15H2,1-4H3,(H,33,34,35,36)/p+1/t25-/m0/s1. The van der Waals surface area contributed by atoms with Crippen LogP contribution in [0.1, 0.15) is 67.9 Å². The fourth-order valence-corrected chi connectivity index (χ4v) is 5.78. The van der Waals surface area contributed by atoms with Crippen LogP contribution < -0.4 is 4.57 Å². The third-order valence-electron chi connectivity index (χ3n) is 7.69. The number of nitrogens with zero attached hydrogens (tertiary/aromatic N) is 5. The number of aliphatic hydroxyl groups is 1. The first-order valence-electron chi connectivity index (χ1n) is 13.4. The lowest BCUT2D eigenvalue weighted by atomic mass is 9.96. The van der Waals surface area contributed by atoms with Gasteiger partial charge in [-0.2, -0.15) is 5.21 Å². The summed E-state index contributed by atoms with van der Waals surface area (Å²) in [4.78, 5) is 8.81. The summed E-state index contributed by atoms with van der Waals surface area (Å²) in [5.74, 6) is 1.79. The van der Waals surface area contributed by atoms with Crippen molar-refractivity contribution in [2.75, 3.05) is 0 Å². The van der Waals surface area contributed by atoms with Crippen molar-refractivity contribution in [2.24, 2.45) is 0 Å². The molecule has 194 valence electrons. The number of tetrazole rings is 1. The minimum atomic E-state index is -0.711. The van der Waals surface area contributed by atoms with Gasteiger partial charge in [-0.1, -0.05) is 49.4 Å². The summed E-state index contributed by atoms with van der Waals surface area (Å²) in [7, 11) is 0. The number of aromatic amines is 2. The molecule has 3 N–H and O–H groups in total. The van der Waals surface area contributed by atoms with Crippen molar-refractivity contribution in [2.45, 2.75) is 71.4 Å². The van der Waals surface area contributed by atoms with Gasteiger partial charge in [-0.3, -0.25) is 4.98 Å². The van der Waals surface area contributed by atoms with Gasteiger partial charge in [-0.25, -0.2) is 4.57 Å². The average molecular weight is 509 g/mol. The van der Waals surface area contributed by atoms with Gasteiger partial charge in [0.05, 0.1) is 5.60 Å². The van der Waals surface area contributed by atoms with E-state index in [9.17, 15) is 5.11 Å². The zero-order chi connectivity index (χ0) is 26.4. The van der Waals surface area contributed by atoms with Crippen molar-refractivity contribution in [3.8, 4) is 22.5 Å². The van der Waals surface area contributed by atoms with E-state index < -0.39 is 5.60 Å². The minimum Gasteiger partial charge on any atom is -0.390 e. The molecular weight excluding hydrogens is 474 g/mol. The Bertz CT molecular complexity index is 1610. The van der Waals surface area contributed by atoms with Crippen LogP contribution >= 0.6 is 0 Å². The van der Waals surface area contributed by atoms with Gasteiger partial charge in [-0.05, 0) is 79.1 Å². The van der Waals surface area contributed by atoms with Crippen LogP contribution in [-0.2, 0) is 19.3 Å². The average Bonchev–Trinajstić information content (AvgIpc) is 3.65. The fourth-order valence-electron chi connectivity index (χ4n) is 5.78. The van der Waals surface area contributed by atoms with Crippen LogP contribution in [0.3, 0.4) is 0 Å². The monoisotopic (exact) mass is 508 g/mol. The number of fused-ring (bicyclic) bond motifs is 2. The molecule has 1 aliphatic carbocycles. The first kappa shape index (κ1) is 24.4. The van der Waals surface area contributed by atoms with Gasteiger partial charge in [0.15, 0.2) is 5.52 Å². The molecule has 0 radical (unpaired) electrons. The summed E-state index contributed by atoms with van der Waals surface area (Å²) in [6.07, 6.45) is 4.37. The van der Waals surface area contributed by atoms with Crippen LogP contribution in [0.4, 0.5) is 0 Å². The molecule has 38 heavy (non-hydrogen) atoms. The van der Waals surface area contributed by atoms with Crippen LogP contribution in [0.25, 0.3) is 33.7 Å². The fraction of sp³-hybridized carbons (Fsp3) is 0.367. The van der Waals surface area contributed by atoms with Crippen LogP contribution in [0.5, 0.6) is 0 Å². The van der Waals surface area contributed by atoms with Crippen molar-refractivity contribution >= 4 is 11.2 Å². The van der Waals surface area contributed by atoms with Gasteiger partial charge in [0.25, 0.3) is 0 Å². The van der Waals surface area contributed by atoms with Gasteiger partial charge in [-0.15, -0.1) is 15.2 Å². The van der Waals surface area contributed by atoms with Gasteiger partial charge in [0.1, 0.15) is 11.7 Å². The van der Waals surface area contributed by atoms with Gasteiger partial charge in [0, 0.05) is 18.4 Å². The Morgan fingerprint density at radius 2 is 1.92 bits per heavy atom. The highest BCUT2D eigenvalue weighted by molar-refractivity contribution is 5.81. The quantitative estimate of drug-likeness (QED) is 0.274. The Morgan fingerprint density at radius 3 is 2.66 bits per heavy atom. The minimum absolute atomic E-state index is 0.228. The third-order valence-corrected chi connectivity index (χ3v) is 7.69. The normalized spacial score (nSPS) is 15.3. The lowest BCUT2D eigenvalue weighted by Crippen LogP contribution is -2.42. The van der Waals surface area contributed by atoms with E-state index in [4.69, 9.17) is 4.98 Å². The number of pyridine rings is 1. The second-order valence-electron chi connectivity index (χ2n) is 11.0. The second kappa shape index (κ2) is 9.44. The topological polar surface area (TPSA) is 107 Å². The molecule has 6 rings (SSSR count). The lowest BCUT2D eigenvalue weighted by Gasteiger charge is -2.16. The van der Waals surface area contributed by atoms with Crippen LogP contribution in [0.15, 0.2) is 48.5 Å². The predicted molar refractivity (Wildman–Crippen MR) is 147 cm³/mol. The Kier molecular flexibility index (Phi) is 6.07. The molecule has 1 aliphatic rings. The third kappa shape index (κ3) is 4.39. The van der Waals surface area contributed by atoms with E-state index in [1.165, 1.54) is 22.5 Å². The molecule has 0 saturated carbocycles. The Labute approximate surface area is 222 Å². The first-order chi connectivity index (χ1) is 18.3. The van der Waals surface area contributed by atoms with Gasteiger partial charge < -0.3 is 5.11 Å². The molecule has 2 aromatic carbocycles. The number of hydrogen-bond acceptors (Lipinski definition) is 5. The molecule has 0 amide bonds. The molecule has 0 fully saturated rings. The van der Waals surface area contributed by atoms with Crippen molar-refractivity contribution in [3.63, 3.8) is 0 Å². The molecule has 0 saturated heterocycles. The highest BCUT2D eigenvalue weighted by atomic mass is 16.3. The second-order valence-corrected chi connectivity index (χ2v) is 11.0. The number of rotatable bonds is 7. The Hall–Kier alpha value is -3.91. The molecule has 8 nitrogen and oxygen atoms in total. The van der Waals surface area contributed by atoms with Crippen LogP contribution in [0, 0.1) is 6.92 Å². The van der Waals surface area contributed by atoms with Crippen molar-refractivity contribution in [3.05, 3.63) is 76.7 Å². The highest BCUT2D eigenvalue weighted by Gasteiger charge is 2.33. The number of imidazole rings is 1. The SMILES string of the molecule is CCc1[nH]c2c(C)cc(CCC(C)(C)O)nc2[n+]1[C@H]1CCc2cc(-c3ccccc3-c3nn[nH]n3)ccc21. The molecule has 3 heterocycles. The smallest absolute Gasteiger partial charge is 0.302 e. The van der Waals surface area contributed by atoms with Gasteiger partial charge in [0.2, 0.25) is 11.6 Å². The number of H-pyrrole nitrogens is 2. The lowest BCUT2D eigenvalue weighted by molar-refractivity contribution is -0.697. The van der Waals surface area contributed by atoms with Crippen LogP contribution in [-0.4, -0.2) is 41.3 Å². The largest absolute Gasteiger partial charge is 0.390 e. The molecule has 1 atom stereocenters. The molecular formula is C30H34N7O+. The maximum atomic E-state index is 10.3. The summed E-state index contributed by atoms with van der Waals surface area (Å²) in [6, 6.07) is 17.4. The number of aryl methyl sites for hydroxylation is 4. The summed E-state index contributed by atoms with van der Waals surface area (Å²) >= 11 is 0. The van der Waals surface area contributed by atoms with E-state index in [1.54, 1.807) is 0 Å². The number of aromatic nitrogens is 7. The number of hydrogen-bond donors (Lipinski definition) is 3. The maximum absolute atomic E-state index is 10.3. The molecule has 0 spiro atoms. The van der Waals surface area contributed by atoms with Crippen LogP contribution in [0.2, 0.25) is 0 Å². The molecule has 5 aromatic rings. The van der Waals surface area contributed by atoms with E-state index in [2.05, 4.69) is 74.4 Å². The van der Waals surface area contributed by atoms with Gasteiger partial charge >= 0.3 is 5.65 Å².